The van der Waals surface area contributed by atoms with Gasteiger partial charge in [0.2, 0.25) is 0 Å². The van der Waals surface area contributed by atoms with E-state index >= 15 is 0 Å². The highest BCUT2D eigenvalue weighted by molar-refractivity contribution is 8.42. The summed E-state index contributed by atoms with van der Waals surface area (Å²) in [7, 11) is 1.86. The minimum atomic E-state index is 0.416. The number of hydrogen-bond donors (Lipinski definition) is 0. The van der Waals surface area contributed by atoms with Crippen molar-refractivity contribution in [3.63, 3.8) is 0 Å². The molecule has 0 amide bonds. The number of rotatable bonds is 0. The summed E-state index contributed by atoms with van der Waals surface area (Å²) in [6, 6.07) is 0. The van der Waals surface area contributed by atoms with Crippen LogP contribution in [0.2, 0.25) is 0 Å². The van der Waals surface area contributed by atoms with Crippen LogP contribution in [-0.2, 0) is 0 Å². The number of hydrogen-bond acceptors (Lipinski definition) is 3. The highest BCUT2D eigenvalue weighted by atomic mass is 32.2. The summed E-state index contributed by atoms with van der Waals surface area (Å²) < 4.78 is 1.65. The van der Waals surface area contributed by atoms with Crippen molar-refractivity contribution >= 4 is 27.9 Å². The quantitative estimate of drug-likeness (QED) is 0.540. The fourth-order valence-electron chi connectivity index (χ4n) is 0.641. The van der Waals surface area contributed by atoms with E-state index in [2.05, 4.69) is 18.8 Å². The molecule has 1 fully saturated rings. The van der Waals surface area contributed by atoms with Crippen LogP contribution in [-0.4, -0.2) is 21.9 Å². The van der Waals surface area contributed by atoms with Gasteiger partial charge in [0.05, 0.1) is 0 Å². The molecule has 0 spiro atoms. The third-order valence-corrected chi connectivity index (χ3v) is 4.23. The van der Waals surface area contributed by atoms with Crippen LogP contribution in [0.1, 0.15) is 13.8 Å². The maximum absolute atomic E-state index is 4.13. The number of aliphatic imine (C=N–C) groups is 1. The Bertz CT molecular complexity index is 140. The first-order valence-corrected chi connectivity index (χ1v) is 4.73. The average molecular weight is 161 g/mol. The zero-order valence-electron chi connectivity index (χ0n) is 5.97. The minimum absolute atomic E-state index is 0.416. The van der Waals surface area contributed by atoms with Crippen LogP contribution in [0.15, 0.2) is 4.99 Å². The Morgan fingerprint density at radius 2 is 2.22 bits per heavy atom. The Morgan fingerprint density at radius 3 is 2.44 bits per heavy atom. The molecule has 1 rings (SSSR count). The minimum Gasteiger partial charge on any atom is -0.275 e. The van der Waals surface area contributed by atoms with Gasteiger partial charge in [0.15, 0.2) is 0 Å². The van der Waals surface area contributed by atoms with Crippen molar-refractivity contribution in [2.75, 3.05) is 12.8 Å². The first-order valence-electron chi connectivity index (χ1n) is 2.93. The third kappa shape index (κ3) is 1.90. The smallest absolute Gasteiger partial charge is 0.124 e. The topological polar surface area (TPSA) is 12.4 Å². The Balaban J connectivity index is 2.57. The van der Waals surface area contributed by atoms with Gasteiger partial charge < -0.3 is 0 Å². The van der Waals surface area contributed by atoms with Crippen LogP contribution in [0, 0.1) is 0 Å². The second kappa shape index (κ2) is 2.54. The Hall–Kier alpha value is 0.370. The molecule has 0 atom stereocenters. The summed E-state index contributed by atoms with van der Waals surface area (Å²) in [4.78, 5) is 4.13. The molecule has 0 aliphatic carbocycles. The molecule has 0 bridgehead atoms. The van der Waals surface area contributed by atoms with Gasteiger partial charge in [-0.1, -0.05) is 23.5 Å². The van der Waals surface area contributed by atoms with Crippen molar-refractivity contribution < 1.29 is 0 Å². The van der Waals surface area contributed by atoms with E-state index < -0.39 is 0 Å². The molecule has 1 nitrogen and oxygen atoms in total. The molecule has 9 heavy (non-hydrogen) atoms. The summed E-state index contributed by atoms with van der Waals surface area (Å²) in [5, 5.41) is 0. The Labute approximate surface area is 64.7 Å². The lowest BCUT2D eigenvalue weighted by atomic mass is 10.2. The lowest BCUT2D eigenvalue weighted by molar-refractivity contribution is 0.828. The van der Waals surface area contributed by atoms with E-state index in [1.807, 2.05) is 30.6 Å². The summed E-state index contributed by atoms with van der Waals surface area (Å²) >= 11 is 3.74. The normalized spacial score (nSPS) is 29.4. The second-order valence-electron chi connectivity index (χ2n) is 2.64. The van der Waals surface area contributed by atoms with E-state index in [-0.39, 0.29) is 0 Å². The highest BCUT2D eigenvalue weighted by Crippen LogP contribution is 2.40. The predicted octanol–water partition coefficient (Wildman–Crippen LogP) is 2.23. The summed E-state index contributed by atoms with van der Waals surface area (Å²) in [6.07, 6.45) is 0. The number of nitrogens with zero attached hydrogens (tertiary/aromatic N) is 1. The van der Waals surface area contributed by atoms with Crippen molar-refractivity contribution in [2.24, 2.45) is 4.99 Å². The maximum atomic E-state index is 4.13. The Kier molecular flexibility index (Phi) is 2.11. The van der Waals surface area contributed by atoms with Crippen molar-refractivity contribution in [3.8, 4) is 0 Å². The van der Waals surface area contributed by atoms with Crippen LogP contribution in [0.4, 0.5) is 0 Å². The van der Waals surface area contributed by atoms with Gasteiger partial charge in [0, 0.05) is 17.5 Å². The van der Waals surface area contributed by atoms with Gasteiger partial charge in [-0.25, -0.2) is 0 Å². The molecular formula is C6H11NS2. The van der Waals surface area contributed by atoms with Gasteiger partial charge in [0.1, 0.15) is 4.38 Å². The summed E-state index contributed by atoms with van der Waals surface area (Å²) in [6.45, 7) is 4.51. The molecule has 0 saturated carbocycles. The molecule has 1 aliphatic heterocycles. The van der Waals surface area contributed by atoms with Crippen molar-refractivity contribution in [2.45, 2.75) is 18.6 Å². The second-order valence-corrected chi connectivity index (χ2v) is 5.56. The van der Waals surface area contributed by atoms with Gasteiger partial charge in [-0.15, -0.1) is 0 Å². The molecule has 0 unspecified atom stereocenters. The van der Waals surface area contributed by atoms with E-state index in [1.165, 1.54) is 10.1 Å². The predicted molar refractivity (Wildman–Crippen MR) is 47.5 cm³/mol. The van der Waals surface area contributed by atoms with Gasteiger partial charge in [0.25, 0.3) is 0 Å². The Morgan fingerprint density at radius 1 is 1.56 bits per heavy atom. The molecule has 1 heterocycles. The first-order chi connectivity index (χ1) is 4.14. The average Bonchev–Trinajstić information content (AvgIpc) is 2.10. The van der Waals surface area contributed by atoms with Crippen LogP contribution >= 0.6 is 23.5 Å². The molecule has 3 heteroatoms. The van der Waals surface area contributed by atoms with Crippen LogP contribution < -0.4 is 0 Å². The van der Waals surface area contributed by atoms with E-state index in [9.17, 15) is 0 Å². The van der Waals surface area contributed by atoms with E-state index in [1.54, 1.807) is 0 Å². The van der Waals surface area contributed by atoms with Crippen molar-refractivity contribution in [1.29, 1.82) is 0 Å². The maximum Gasteiger partial charge on any atom is 0.124 e. The lowest BCUT2D eigenvalue weighted by Crippen LogP contribution is -2.12. The highest BCUT2D eigenvalue weighted by Gasteiger charge is 2.28. The van der Waals surface area contributed by atoms with Gasteiger partial charge in [-0.05, 0) is 13.8 Å². The lowest BCUT2D eigenvalue weighted by Gasteiger charge is -2.11. The third-order valence-electron chi connectivity index (χ3n) is 1.09. The number of thioether (sulfide) groups is 2. The fraction of sp³-hybridized carbons (Fsp3) is 0.833. The zero-order chi connectivity index (χ0) is 6.91. The summed E-state index contributed by atoms with van der Waals surface area (Å²) in [5.74, 6) is 1.20. The van der Waals surface area contributed by atoms with E-state index in [0.29, 0.717) is 4.75 Å². The van der Waals surface area contributed by atoms with Crippen LogP contribution in [0.25, 0.3) is 0 Å². The molecule has 0 radical (unpaired) electrons. The zero-order valence-corrected chi connectivity index (χ0v) is 7.60. The molecule has 0 aromatic carbocycles. The molecule has 0 aromatic rings. The largest absolute Gasteiger partial charge is 0.275 e. The van der Waals surface area contributed by atoms with Crippen molar-refractivity contribution in [1.82, 2.24) is 0 Å². The van der Waals surface area contributed by atoms with Gasteiger partial charge in [-0.2, -0.15) is 0 Å². The van der Waals surface area contributed by atoms with Crippen molar-refractivity contribution in [3.05, 3.63) is 0 Å². The monoisotopic (exact) mass is 161 g/mol. The molecular weight excluding hydrogens is 150 g/mol. The first kappa shape index (κ1) is 7.48. The van der Waals surface area contributed by atoms with Gasteiger partial charge >= 0.3 is 0 Å². The molecule has 1 aliphatic rings. The van der Waals surface area contributed by atoms with E-state index in [4.69, 9.17) is 0 Å². The fourth-order valence-corrected chi connectivity index (χ4v) is 3.31. The standard InChI is InChI=1S/C6H11NS2/c1-6(2)4-8-5(7-3)9-6/h4H2,1-3H3. The molecule has 0 N–H and O–H groups in total. The SMILES string of the molecule is CN=C1SCC(C)(C)S1. The molecule has 1 saturated heterocycles. The van der Waals surface area contributed by atoms with Crippen LogP contribution in [0.5, 0.6) is 0 Å². The van der Waals surface area contributed by atoms with E-state index in [0.717, 1.165) is 0 Å². The van der Waals surface area contributed by atoms with Gasteiger partial charge in [-0.3, -0.25) is 4.99 Å². The van der Waals surface area contributed by atoms with Crippen LogP contribution in [0.3, 0.4) is 0 Å². The summed E-state index contributed by atoms with van der Waals surface area (Å²) in [5.41, 5.74) is 0. The molecule has 52 valence electrons. The molecule has 0 aromatic heterocycles.